The summed E-state index contributed by atoms with van der Waals surface area (Å²) in [6.07, 6.45) is 8.13. The first-order chi connectivity index (χ1) is 19.9. The van der Waals surface area contributed by atoms with E-state index in [0.717, 1.165) is 60.6 Å². The minimum absolute atomic E-state index is 0.0838. The fourth-order valence-electron chi connectivity index (χ4n) is 4.72. The summed E-state index contributed by atoms with van der Waals surface area (Å²) in [6.45, 7) is 11.9. The van der Waals surface area contributed by atoms with Crippen molar-refractivity contribution in [3.05, 3.63) is 95.7 Å². The topological polar surface area (TPSA) is 58.9 Å². The predicted molar refractivity (Wildman–Crippen MR) is 169 cm³/mol. The quantitative estimate of drug-likeness (QED) is 0.166. The van der Waals surface area contributed by atoms with E-state index in [0.29, 0.717) is 23.9 Å². The zero-order chi connectivity index (χ0) is 29.2. The van der Waals surface area contributed by atoms with Crippen LogP contribution in [0.2, 0.25) is 0 Å². The Bertz CT molecular complexity index is 1410. The number of rotatable bonds is 14. The molecule has 41 heavy (non-hydrogen) atoms. The minimum Gasteiger partial charge on any atom is -0.497 e. The number of nitrogens with one attached hydrogen (secondary N) is 1. The number of ether oxygens (including phenoxy) is 1. The molecule has 0 saturated heterocycles. The van der Waals surface area contributed by atoms with Crippen molar-refractivity contribution in [3.8, 4) is 17.0 Å². The molecule has 0 aliphatic carbocycles. The third-order valence-electron chi connectivity index (χ3n) is 7.24. The number of hydrogen-bond donors (Lipinski definition) is 1. The van der Waals surface area contributed by atoms with E-state index >= 15 is 0 Å². The second-order valence-electron chi connectivity index (χ2n) is 11.4. The molecular weight excluding hydrogens is 508 g/mol. The standard InChI is InChI=1S/C35H44N4O2/c1-26(2)17-21-38(22-18-27(3)4)35(40)30-19-23-39-33(24-30)32(12-9-20-36-25-28-10-7-6-8-11-28)34(37-39)29-13-15-31(41-5)16-14-29/h6-16,19,23-24,26-27,36H,17-18,20-22,25H2,1-5H3. The average Bonchev–Trinajstić information content (AvgIpc) is 3.34. The maximum Gasteiger partial charge on any atom is 0.253 e. The Hall–Kier alpha value is -3.90. The molecule has 0 spiro atoms. The van der Waals surface area contributed by atoms with E-state index in [1.807, 2.05) is 58.1 Å². The fraction of sp³-hybridized carbons (Fsp3) is 0.371. The Kier molecular flexibility index (Phi) is 10.7. The molecule has 216 valence electrons. The molecule has 0 aliphatic rings. The van der Waals surface area contributed by atoms with Crippen molar-refractivity contribution in [2.24, 2.45) is 11.8 Å². The molecule has 1 amide bonds. The van der Waals surface area contributed by atoms with E-state index in [-0.39, 0.29) is 5.91 Å². The third kappa shape index (κ3) is 8.30. The van der Waals surface area contributed by atoms with E-state index < -0.39 is 0 Å². The van der Waals surface area contributed by atoms with Gasteiger partial charge >= 0.3 is 0 Å². The van der Waals surface area contributed by atoms with Gasteiger partial charge in [-0.2, -0.15) is 5.10 Å². The van der Waals surface area contributed by atoms with Crippen molar-refractivity contribution in [2.75, 3.05) is 26.7 Å². The SMILES string of the molecule is COc1ccc(-c2nn3ccc(C(=O)N(CCC(C)C)CCC(C)C)cc3c2C=CCNCc2ccccc2)cc1. The van der Waals surface area contributed by atoms with Gasteiger partial charge in [-0.1, -0.05) is 70.2 Å². The van der Waals surface area contributed by atoms with Gasteiger partial charge in [0.15, 0.2) is 0 Å². The number of nitrogens with zero attached hydrogens (tertiary/aromatic N) is 3. The number of carbonyl (C=O) groups is 1. The molecule has 1 N–H and O–H groups in total. The van der Waals surface area contributed by atoms with Gasteiger partial charge in [-0.3, -0.25) is 4.79 Å². The zero-order valence-electron chi connectivity index (χ0n) is 25.1. The summed E-state index contributed by atoms with van der Waals surface area (Å²) in [6, 6.07) is 22.2. The molecule has 0 aliphatic heterocycles. The Morgan fingerprint density at radius 3 is 2.29 bits per heavy atom. The van der Waals surface area contributed by atoms with Gasteiger partial charge < -0.3 is 15.0 Å². The molecule has 4 rings (SSSR count). The summed E-state index contributed by atoms with van der Waals surface area (Å²) in [5.41, 5.74) is 5.71. The highest BCUT2D eigenvalue weighted by atomic mass is 16.5. The molecule has 0 fully saturated rings. The molecule has 0 unspecified atom stereocenters. The summed E-state index contributed by atoms with van der Waals surface area (Å²) in [5.74, 6) is 1.97. The first-order valence-corrected chi connectivity index (χ1v) is 14.7. The first kappa shape index (κ1) is 30.1. The molecule has 6 nitrogen and oxygen atoms in total. The smallest absolute Gasteiger partial charge is 0.253 e. The molecule has 0 bridgehead atoms. The molecule has 0 atom stereocenters. The average molecular weight is 553 g/mol. The molecule has 4 aromatic rings. The summed E-state index contributed by atoms with van der Waals surface area (Å²) in [4.78, 5) is 15.8. The number of hydrogen-bond acceptors (Lipinski definition) is 4. The minimum atomic E-state index is 0.0838. The predicted octanol–water partition coefficient (Wildman–Crippen LogP) is 7.35. The van der Waals surface area contributed by atoms with E-state index in [9.17, 15) is 4.79 Å². The van der Waals surface area contributed by atoms with Gasteiger partial charge in [0, 0.05) is 49.1 Å². The van der Waals surface area contributed by atoms with Crippen LogP contribution in [0, 0.1) is 11.8 Å². The molecular formula is C35H44N4O2. The Balaban J connectivity index is 1.65. The summed E-state index contributed by atoms with van der Waals surface area (Å²) >= 11 is 0. The number of carbonyl (C=O) groups excluding carboxylic acids is 1. The summed E-state index contributed by atoms with van der Waals surface area (Å²) < 4.78 is 7.24. The van der Waals surface area contributed by atoms with E-state index in [2.05, 4.69) is 69.4 Å². The number of fused-ring (bicyclic) bond motifs is 1. The summed E-state index contributed by atoms with van der Waals surface area (Å²) in [5, 5.41) is 8.41. The lowest BCUT2D eigenvalue weighted by Gasteiger charge is -2.24. The van der Waals surface area contributed by atoms with E-state index in [1.165, 1.54) is 5.56 Å². The number of amides is 1. The lowest BCUT2D eigenvalue weighted by Crippen LogP contribution is -2.34. The maximum atomic E-state index is 13.8. The first-order valence-electron chi connectivity index (χ1n) is 14.7. The van der Waals surface area contributed by atoms with Gasteiger partial charge in [0.05, 0.1) is 12.6 Å². The maximum absolute atomic E-state index is 13.8. The Morgan fingerprint density at radius 1 is 0.976 bits per heavy atom. The van der Waals surface area contributed by atoms with Crippen molar-refractivity contribution in [3.63, 3.8) is 0 Å². The van der Waals surface area contributed by atoms with Gasteiger partial charge in [0.1, 0.15) is 11.4 Å². The van der Waals surface area contributed by atoms with Crippen LogP contribution in [-0.4, -0.2) is 47.2 Å². The Labute approximate surface area is 245 Å². The van der Waals surface area contributed by atoms with Crippen molar-refractivity contribution < 1.29 is 9.53 Å². The van der Waals surface area contributed by atoms with Crippen LogP contribution >= 0.6 is 0 Å². The molecule has 0 radical (unpaired) electrons. The lowest BCUT2D eigenvalue weighted by molar-refractivity contribution is 0.0741. The van der Waals surface area contributed by atoms with Crippen LogP contribution in [0.25, 0.3) is 22.9 Å². The second kappa shape index (κ2) is 14.6. The normalized spacial score (nSPS) is 11.7. The largest absolute Gasteiger partial charge is 0.497 e. The van der Waals surface area contributed by atoms with Gasteiger partial charge in [0.25, 0.3) is 5.91 Å². The van der Waals surface area contributed by atoms with Crippen LogP contribution < -0.4 is 10.1 Å². The van der Waals surface area contributed by atoms with Crippen LogP contribution in [-0.2, 0) is 6.54 Å². The van der Waals surface area contributed by atoms with Crippen LogP contribution in [0.5, 0.6) is 5.75 Å². The molecule has 2 heterocycles. The van der Waals surface area contributed by atoms with Crippen LogP contribution in [0.1, 0.15) is 62.0 Å². The fourth-order valence-corrected chi connectivity index (χ4v) is 4.72. The lowest BCUT2D eigenvalue weighted by atomic mass is 10.0. The van der Waals surface area contributed by atoms with Crippen molar-refractivity contribution >= 4 is 17.5 Å². The number of benzene rings is 2. The number of aromatic nitrogens is 2. The van der Waals surface area contributed by atoms with E-state index in [1.54, 1.807) is 7.11 Å². The van der Waals surface area contributed by atoms with Gasteiger partial charge in [0.2, 0.25) is 0 Å². The van der Waals surface area contributed by atoms with Crippen molar-refractivity contribution in [1.29, 1.82) is 0 Å². The highest BCUT2D eigenvalue weighted by Gasteiger charge is 2.19. The molecule has 6 heteroatoms. The van der Waals surface area contributed by atoms with Gasteiger partial charge in [-0.05, 0) is 66.6 Å². The van der Waals surface area contributed by atoms with Gasteiger partial charge in [-0.25, -0.2) is 4.52 Å². The number of methoxy groups -OCH3 is 1. The van der Waals surface area contributed by atoms with Crippen molar-refractivity contribution in [2.45, 2.75) is 47.1 Å². The van der Waals surface area contributed by atoms with Crippen LogP contribution in [0.3, 0.4) is 0 Å². The summed E-state index contributed by atoms with van der Waals surface area (Å²) in [7, 11) is 1.67. The molecule has 0 saturated carbocycles. The van der Waals surface area contributed by atoms with Crippen molar-refractivity contribution in [1.82, 2.24) is 19.8 Å². The van der Waals surface area contributed by atoms with E-state index in [4.69, 9.17) is 9.84 Å². The molecule has 2 aromatic heterocycles. The highest BCUT2D eigenvalue weighted by molar-refractivity contribution is 5.96. The Morgan fingerprint density at radius 2 is 1.66 bits per heavy atom. The number of pyridine rings is 1. The third-order valence-corrected chi connectivity index (χ3v) is 7.24. The highest BCUT2D eigenvalue weighted by Crippen LogP contribution is 2.29. The van der Waals surface area contributed by atoms with Crippen LogP contribution in [0.4, 0.5) is 0 Å². The molecule has 2 aromatic carbocycles. The second-order valence-corrected chi connectivity index (χ2v) is 11.4. The van der Waals surface area contributed by atoms with Crippen LogP contribution in [0.15, 0.2) is 79.0 Å². The van der Waals surface area contributed by atoms with Gasteiger partial charge in [-0.15, -0.1) is 0 Å². The monoisotopic (exact) mass is 552 g/mol. The zero-order valence-corrected chi connectivity index (χ0v) is 25.1.